The molecule has 5 heteroatoms. The van der Waals surface area contributed by atoms with Crippen molar-refractivity contribution in [3.05, 3.63) is 23.7 Å². The third-order valence-electron chi connectivity index (χ3n) is 2.04. The highest BCUT2D eigenvalue weighted by molar-refractivity contribution is 6.06. The minimum Gasteiger partial charge on any atom is -0.419 e. The van der Waals surface area contributed by atoms with E-state index >= 15 is 0 Å². The average Bonchev–Trinajstić information content (AvgIpc) is 2.26. The molecule has 0 aromatic heterocycles. The van der Waals surface area contributed by atoms with Gasteiger partial charge < -0.3 is 15.1 Å². The molecule has 15 heavy (non-hydrogen) atoms. The smallest absolute Gasteiger partial charge is 0.132 e. The molecule has 3 N–H and O–H groups in total. The van der Waals surface area contributed by atoms with Crippen LogP contribution in [0.5, 0.6) is 0 Å². The van der Waals surface area contributed by atoms with Crippen molar-refractivity contribution in [2.24, 2.45) is 10.9 Å². The Hall–Kier alpha value is -1.62. The van der Waals surface area contributed by atoms with Crippen LogP contribution in [-0.4, -0.2) is 30.9 Å². The van der Waals surface area contributed by atoms with E-state index in [1.54, 1.807) is 6.92 Å². The van der Waals surface area contributed by atoms with Crippen molar-refractivity contribution in [2.45, 2.75) is 13.8 Å². The molecule has 0 rings (SSSR count). The maximum absolute atomic E-state index is 7.71. The van der Waals surface area contributed by atoms with Crippen LogP contribution in [0.1, 0.15) is 13.8 Å². The molecule has 0 aliphatic rings. The number of nitrogens with one attached hydrogen (secondary N) is 1. The van der Waals surface area contributed by atoms with E-state index in [0.29, 0.717) is 11.5 Å². The van der Waals surface area contributed by atoms with Crippen LogP contribution in [0.4, 0.5) is 0 Å². The highest BCUT2D eigenvalue weighted by atomic mass is 16.6. The molecule has 0 aromatic rings. The van der Waals surface area contributed by atoms with Crippen LogP contribution in [-0.2, 0) is 4.84 Å². The van der Waals surface area contributed by atoms with E-state index in [2.05, 4.69) is 16.5 Å². The van der Waals surface area contributed by atoms with Crippen LogP contribution >= 0.6 is 0 Å². The van der Waals surface area contributed by atoms with Gasteiger partial charge in [0.05, 0.1) is 5.71 Å². The molecule has 0 bridgehead atoms. The number of rotatable bonds is 6. The number of aliphatic imine (C=N–C) groups is 1. The largest absolute Gasteiger partial charge is 0.419 e. The van der Waals surface area contributed by atoms with Crippen LogP contribution in [0.25, 0.3) is 0 Å². The van der Waals surface area contributed by atoms with Gasteiger partial charge in [-0.15, -0.1) is 0 Å². The van der Waals surface area contributed by atoms with Crippen molar-refractivity contribution >= 4 is 12.4 Å². The molecule has 0 aromatic carbocycles. The summed E-state index contributed by atoms with van der Waals surface area (Å²) < 4.78 is 0. The monoisotopic (exact) mass is 210 g/mol. The van der Waals surface area contributed by atoms with Gasteiger partial charge in [-0.1, -0.05) is 0 Å². The van der Waals surface area contributed by atoms with E-state index in [-0.39, 0.29) is 0 Å². The lowest BCUT2D eigenvalue weighted by Crippen LogP contribution is -2.18. The molecule has 0 unspecified atom stereocenters. The Kier molecular flexibility index (Phi) is 6.05. The predicted molar refractivity (Wildman–Crippen MR) is 62.7 cm³/mol. The Morgan fingerprint density at radius 1 is 1.67 bits per heavy atom. The van der Waals surface area contributed by atoms with Crippen molar-refractivity contribution in [3.8, 4) is 0 Å². The molecule has 0 atom stereocenters. The molecule has 0 aliphatic heterocycles. The summed E-state index contributed by atoms with van der Waals surface area (Å²) in [5.41, 5.74) is 1.02. The van der Waals surface area contributed by atoms with Crippen molar-refractivity contribution in [1.29, 1.82) is 5.41 Å². The van der Waals surface area contributed by atoms with E-state index in [4.69, 9.17) is 11.3 Å². The van der Waals surface area contributed by atoms with Crippen molar-refractivity contribution in [1.82, 2.24) is 4.90 Å². The molecule has 0 heterocycles. The van der Waals surface area contributed by atoms with Gasteiger partial charge in [-0.3, -0.25) is 0 Å². The lowest BCUT2D eigenvalue weighted by molar-refractivity contribution is 0.261. The zero-order valence-electron chi connectivity index (χ0n) is 9.45. The molecule has 0 spiro atoms. The van der Waals surface area contributed by atoms with E-state index in [0.717, 1.165) is 12.1 Å². The highest BCUT2D eigenvalue weighted by Gasteiger charge is 2.07. The number of hydrogen-bond donors (Lipinski definition) is 2. The van der Waals surface area contributed by atoms with E-state index in [9.17, 15) is 0 Å². The minimum absolute atomic E-state index is 0.295. The van der Waals surface area contributed by atoms with Crippen LogP contribution in [0.2, 0.25) is 0 Å². The molecule has 5 nitrogen and oxygen atoms in total. The topological polar surface area (TPSA) is 74.7 Å². The molecule has 0 saturated carbocycles. The minimum atomic E-state index is 0.295. The second kappa shape index (κ2) is 6.78. The summed E-state index contributed by atoms with van der Waals surface area (Å²) >= 11 is 0. The van der Waals surface area contributed by atoms with Crippen LogP contribution in [0.3, 0.4) is 0 Å². The summed E-state index contributed by atoms with van der Waals surface area (Å²) in [5.74, 6) is 5.51. The van der Waals surface area contributed by atoms with Gasteiger partial charge in [-0.25, -0.2) is 4.99 Å². The summed E-state index contributed by atoms with van der Waals surface area (Å²) in [4.78, 5) is 10.1. The fourth-order valence-corrected chi connectivity index (χ4v) is 1.03. The first kappa shape index (κ1) is 13.4. The van der Waals surface area contributed by atoms with E-state index in [1.807, 2.05) is 18.9 Å². The quantitative estimate of drug-likeness (QED) is 0.394. The Labute approximate surface area is 90.4 Å². The lowest BCUT2D eigenvalue weighted by atomic mass is 10.1. The molecular weight excluding hydrogens is 192 g/mol. The molecule has 84 valence electrons. The Morgan fingerprint density at radius 2 is 2.27 bits per heavy atom. The Morgan fingerprint density at radius 3 is 2.67 bits per heavy atom. The molecule has 0 amide bonds. The molecule has 0 fully saturated rings. The van der Waals surface area contributed by atoms with Gasteiger partial charge in [0.2, 0.25) is 0 Å². The normalized spacial score (nSPS) is 12.3. The van der Waals surface area contributed by atoms with Gasteiger partial charge in [0.25, 0.3) is 0 Å². The zero-order chi connectivity index (χ0) is 11.8. The van der Waals surface area contributed by atoms with Gasteiger partial charge >= 0.3 is 0 Å². The fourth-order valence-electron chi connectivity index (χ4n) is 1.03. The first-order valence-corrected chi connectivity index (χ1v) is 4.58. The SMILES string of the molecule is C=N/C(=C(/C)C(=N)/C=C/ON)N(C)CC. The third kappa shape index (κ3) is 3.95. The first-order chi connectivity index (χ1) is 7.08. The van der Waals surface area contributed by atoms with E-state index < -0.39 is 0 Å². The van der Waals surface area contributed by atoms with E-state index in [1.165, 1.54) is 12.3 Å². The van der Waals surface area contributed by atoms with Gasteiger partial charge in [-0.05, 0) is 20.6 Å². The second-order valence-corrected chi connectivity index (χ2v) is 2.97. The first-order valence-electron chi connectivity index (χ1n) is 4.58. The van der Waals surface area contributed by atoms with Crippen LogP contribution in [0, 0.1) is 5.41 Å². The van der Waals surface area contributed by atoms with Crippen molar-refractivity contribution in [3.63, 3.8) is 0 Å². The van der Waals surface area contributed by atoms with Gasteiger partial charge in [0.15, 0.2) is 0 Å². The Balaban J connectivity index is 4.94. The zero-order valence-corrected chi connectivity index (χ0v) is 9.45. The van der Waals surface area contributed by atoms with Crippen LogP contribution in [0.15, 0.2) is 28.7 Å². The summed E-state index contributed by atoms with van der Waals surface area (Å²) in [5, 5.41) is 7.71. The fraction of sp³-hybridized carbons (Fsp3) is 0.400. The third-order valence-corrected chi connectivity index (χ3v) is 2.04. The maximum Gasteiger partial charge on any atom is 0.132 e. The van der Waals surface area contributed by atoms with Crippen molar-refractivity contribution < 1.29 is 4.84 Å². The van der Waals surface area contributed by atoms with Crippen molar-refractivity contribution in [2.75, 3.05) is 13.6 Å². The average molecular weight is 210 g/mol. The summed E-state index contributed by atoms with van der Waals surface area (Å²) in [6.07, 6.45) is 2.71. The molecule has 0 aliphatic carbocycles. The predicted octanol–water partition coefficient (Wildman–Crippen LogP) is 1.29. The summed E-state index contributed by atoms with van der Waals surface area (Å²) in [7, 11) is 1.89. The number of allylic oxidation sites excluding steroid dienone is 2. The Bertz CT molecular complexity index is 294. The summed E-state index contributed by atoms with van der Waals surface area (Å²) in [6.45, 7) is 8.10. The van der Waals surface area contributed by atoms with Gasteiger partial charge in [-0.2, -0.15) is 5.90 Å². The number of nitrogens with zero attached hydrogens (tertiary/aromatic N) is 2. The molecule has 0 radical (unpaired) electrons. The second-order valence-electron chi connectivity index (χ2n) is 2.97. The maximum atomic E-state index is 7.71. The lowest BCUT2D eigenvalue weighted by Gasteiger charge is -2.19. The molecule has 0 saturated heterocycles. The standard InChI is InChI=1S/C10H18N4O/c1-5-14(4)10(13-3)8(2)9(11)6-7-15-12/h6-7,11H,3,5,12H2,1-2,4H3/b7-6+,10-8+,11-9?. The number of hydrogen-bond acceptors (Lipinski definition) is 5. The molecular formula is C10H18N4O. The highest BCUT2D eigenvalue weighted by Crippen LogP contribution is 2.11. The van der Waals surface area contributed by atoms with Crippen LogP contribution < -0.4 is 5.90 Å². The summed E-state index contributed by atoms with van der Waals surface area (Å²) in [6, 6.07) is 0. The van der Waals surface area contributed by atoms with Gasteiger partial charge in [0.1, 0.15) is 12.1 Å². The van der Waals surface area contributed by atoms with Gasteiger partial charge in [0, 0.05) is 25.2 Å². The number of nitrogens with two attached hydrogens (primary N) is 1.